The highest BCUT2D eigenvalue weighted by Gasteiger charge is 2.02. The fraction of sp³-hybridized carbons (Fsp3) is 0.154. The van der Waals surface area contributed by atoms with Gasteiger partial charge < -0.3 is 10.2 Å². The minimum atomic E-state index is -0.835. The summed E-state index contributed by atoms with van der Waals surface area (Å²) < 4.78 is 0. The van der Waals surface area contributed by atoms with Crippen LogP contribution in [0.25, 0.3) is 10.8 Å². The summed E-state index contributed by atoms with van der Waals surface area (Å²) >= 11 is 0. The van der Waals surface area contributed by atoms with E-state index in [1.54, 1.807) is 0 Å². The second-order valence-corrected chi connectivity index (χ2v) is 3.74. The van der Waals surface area contributed by atoms with Gasteiger partial charge in [0.2, 0.25) is 0 Å². The number of hydrogen-bond donors (Lipinski definition) is 2. The van der Waals surface area contributed by atoms with Crippen LogP contribution in [0.1, 0.15) is 11.1 Å². The van der Waals surface area contributed by atoms with Gasteiger partial charge in [0.25, 0.3) is 0 Å². The molecule has 0 unspecified atom stereocenters. The summed E-state index contributed by atoms with van der Waals surface area (Å²) in [6, 6.07) is 11.2. The molecule has 0 aliphatic rings. The van der Waals surface area contributed by atoms with Crippen molar-refractivity contribution in [2.45, 2.75) is 13.0 Å². The normalized spacial score (nSPS) is 10.6. The maximum absolute atomic E-state index is 10.6. The van der Waals surface area contributed by atoms with Crippen molar-refractivity contribution in [3.8, 4) is 0 Å². The first-order valence-electron chi connectivity index (χ1n) is 5.03. The van der Waals surface area contributed by atoms with Crippen LogP contribution < -0.4 is 0 Å². The summed E-state index contributed by atoms with van der Waals surface area (Å²) in [5.41, 5.74) is 1.61. The molecule has 0 heterocycles. The molecular weight excluding hydrogens is 204 g/mol. The number of fused-ring (bicyclic) bond motifs is 1. The highest BCUT2D eigenvalue weighted by atomic mass is 16.4. The zero-order valence-electron chi connectivity index (χ0n) is 8.68. The summed E-state index contributed by atoms with van der Waals surface area (Å²) in [4.78, 5) is 10.6. The van der Waals surface area contributed by atoms with Crippen LogP contribution in [0.15, 0.2) is 36.4 Å². The summed E-state index contributed by atoms with van der Waals surface area (Å²) in [6.07, 6.45) is 0.0271. The Hall–Kier alpha value is -1.87. The quantitative estimate of drug-likeness (QED) is 0.824. The highest BCUT2D eigenvalue weighted by molar-refractivity contribution is 5.84. The molecule has 0 aromatic heterocycles. The van der Waals surface area contributed by atoms with Crippen LogP contribution in [0.3, 0.4) is 0 Å². The van der Waals surface area contributed by atoms with E-state index in [0.29, 0.717) is 0 Å². The van der Waals surface area contributed by atoms with Crippen molar-refractivity contribution in [2.75, 3.05) is 0 Å². The zero-order valence-corrected chi connectivity index (χ0v) is 8.68. The number of aliphatic hydroxyl groups excluding tert-OH is 1. The second kappa shape index (κ2) is 4.33. The number of carbonyl (C=O) groups is 1. The van der Waals surface area contributed by atoms with E-state index >= 15 is 0 Å². The molecule has 0 saturated carbocycles. The molecule has 0 atom stereocenters. The molecule has 2 aromatic rings. The van der Waals surface area contributed by atoms with E-state index in [4.69, 9.17) is 10.2 Å². The van der Waals surface area contributed by atoms with Gasteiger partial charge in [0.1, 0.15) is 0 Å². The summed E-state index contributed by atoms with van der Waals surface area (Å²) in [5, 5.41) is 19.7. The van der Waals surface area contributed by atoms with Crippen molar-refractivity contribution in [2.24, 2.45) is 0 Å². The van der Waals surface area contributed by atoms with Crippen LogP contribution in [-0.4, -0.2) is 16.2 Å². The lowest BCUT2D eigenvalue weighted by atomic mass is 10.0. The van der Waals surface area contributed by atoms with Crippen molar-refractivity contribution >= 4 is 16.7 Å². The summed E-state index contributed by atoms with van der Waals surface area (Å²) in [7, 11) is 0. The predicted octanol–water partition coefficient (Wildman–Crippen LogP) is 1.96. The molecule has 0 bridgehead atoms. The maximum Gasteiger partial charge on any atom is 0.307 e. The Labute approximate surface area is 93.0 Å². The molecule has 2 rings (SSSR count). The van der Waals surface area contributed by atoms with E-state index in [9.17, 15) is 4.79 Å². The van der Waals surface area contributed by atoms with Gasteiger partial charge in [0, 0.05) is 0 Å². The fourth-order valence-corrected chi connectivity index (χ4v) is 1.73. The Kier molecular flexibility index (Phi) is 2.88. The number of carboxylic acid groups (broad SMARTS) is 1. The van der Waals surface area contributed by atoms with Gasteiger partial charge in [0.05, 0.1) is 13.0 Å². The third-order valence-corrected chi connectivity index (χ3v) is 2.51. The molecule has 0 saturated heterocycles. The third-order valence-electron chi connectivity index (χ3n) is 2.51. The number of hydrogen-bond acceptors (Lipinski definition) is 2. The molecule has 0 fully saturated rings. The van der Waals surface area contributed by atoms with Gasteiger partial charge in [-0.1, -0.05) is 30.3 Å². The van der Waals surface area contributed by atoms with Gasteiger partial charge in [-0.25, -0.2) is 0 Å². The lowest BCUT2D eigenvalue weighted by molar-refractivity contribution is -0.136. The Morgan fingerprint density at radius 3 is 2.25 bits per heavy atom. The average molecular weight is 216 g/mol. The van der Waals surface area contributed by atoms with E-state index in [1.165, 1.54) is 0 Å². The molecule has 16 heavy (non-hydrogen) atoms. The number of carboxylic acids is 1. The molecule has 82 valence electrons. The van der Waals surface area contributed by atoms with Crippen LogP contribution in [-0.2, 0) is 17.8 Å². The van der Waals surface area contributed by atoms with Crippen molar-refractivity contribution in [1.82, 2.24) is 0 Å². The van der Waals surface area contributed by atoms with Crippen LogP contribution in [0.5, 0.6) is 0 Å². The maximum atomic E-state index is 10.6. The minimum Gasteiger partial charge on any atom is -0.481 e. The Morgan fingerprint density at radius 2 is 1.62 bits per heavy atom. The van der Waals surface area contributed by atoms with E-state index in [-0.39, 0.29) is 13.0 Å². The van der Waals surface area contributed by atoms with Crippen molar-refractivity contribution in [3.63, 3.8) is 0 Å². The number of aliphatic carboxylic acids is 1. The Balaban J connectivity index is 2.46. The molecule has 2 N–H and O–H groups in total. The first-order valence-corrected chi connectivity index (χ1v) is 5.03. The average Bonchev–Trinajstić information content (AvgIpc) is 2.27. The smallest absolute Gasteiger partial charge is 0.307 e. The predicted molar refractivity (Wildman–Crippen MR) is 61.2 cm³/mol. The molecular formula is C13H12O3. The van der Waals surface area contributed by atoms with Crippen LogP contribution in [0, 0.1) is 0 Å². The summed E-state index contributed by atoms with van der Waals surface area (Å²) in [6.45, 7) is -0.000895. The van der Waals surface area contributed by atoms with Crippen LogP contribution >= 0.6 is 0 Å². The van der Waals surface area contributed by atoms with E-state index in [1.807, 2.05) is 36.4 Å². The molecule has 0 aliphatic carbocycles. The topological polar surface area (TPSA) is 57.5 Å². The summed E-state index contributed by atoms with van der Waals surface area (Å²) in [5.74, 6) is -0.835. The van der Waals surface area contributed by atoms with Gasteiger partial charge >= 0.3 is 5.97 Å². The van der Waals surface area contributed by atoms with Gasteiger partial charge in [-0.2, -0.15) is 0 Å². The van der Waals surface area contributed by atoms with Crippen LogP contribution in [0.4, 0.5) is 0 Å². The van der Waals surface area contributed by atoms with E-state index < -0.39 is 5.97 Å². The Bertz CT molecular complexity index is 532. The molecule has 0 amide bonds. The first kappa shape index (κ1) is 10.6. The highest BCUT2D eigenvalue weighted by Crippen LogP contribution is 2.18. The molecule has 3 heteroatoms. The molecule has 0 radical (unpaired) electrons. The van der Waals surface area contributed by atoms with Gasteiger partial charge in [0.15, 0.2) is 0 Å². The molecule has 2 aromatic carbocycles. The molecule has 0 spiro atoms. The van der Waals surface area contributed by atoms with Crippen molar-refractivity contribution in [1.29, 1.82) is 0 Å². The van der Waals surface area contributed by atoms with Crippen molar-refractivity contribution in [3.05, 3.63) is 47.5 Å². The molecule has 0 aliphatic heterocycles. The number of aliphatic hydroxyl groups is 1. The minimum absolute atomic E-state index is 0.000895. The van der Waals surface area contributed by atoms with Gasteiger partial charge in [-0.15, -0.1) is 0 Å². The van der Waals surface area contributed by atoms with Crippen LogP contribution in [0.2, 0.25) is 0 Å². The first-order chi connectivity index (χ1) is 7.69. The number of benzene rings is 2. The number of rotatable bonds is 3. The Morgan fingerprint density at radius 1 is 1.00 bits per heavy atom. The monoisotopic (exact) mass is 216 g/mol. The standard InChI is InChI=1S/C13H12O3/c14-8-10-2-4-11-3-1-9(7-13(15)16)5-12(11)6-10/h1-6,14H,7-8H2,(H,15,16). The fourth-order valence-electron chi connectivity index (χ4n) is 1.73. The third kappa shape index (κ3) is 2.20. The van der Waals surface area contributed by atoms with E-state index in [0.717, 1.165) is 21.9 Å². The van der Waals surface area contributed by atoms with Gasteiger partial charge in [-0.3, -0.25) is 4.79 Å². The van der Waals surface area contributed by atoms with Crippen molar-refractivity contribution < 1.29 is 15.0 Å². The largest absolute Gasteiger partial charge is 0.481 e. The molecule has 3 nitrogen and oxygen atoms in total. The lowest BCUT2D eigenvalue weighted by Gasteiger charge is -2.03. The van der Waals surface area contributed by atoms with E-state index in [2.05, 4.69) is 0 Å². The lowest BCUT2D eigenvalue weighted by Crippen LogP contribution is -1.99. The SMILES string of the molecule is O=C(O)Cc1ccc2ccc(CO)cc2c1. The second-order valence-electron chi connectivity index (χ2n) is 3.74. The zero-order chi connectivity index (χ0) is 11.5. The van der Waals surface area contributed by atoms with Gasteiger partial charge in [-0.05, 0) is 28.0 Å².